The van der Waals surface area contributed by atoms with Crippen molar-refractivity contribution >= 4 is 38.3 Å². The van der Waals surface area contributed by atoms with E-state index in [9.17, 15) is 9.90 Å². The van der Waals surface area contributed by atoms with E-state index in [0.717, 1.165) is 3.79 Å². The molecule has 0 aliphatic rings. The lowest BCUT2D eigenvalue weighted by Crippen LogP contribution is -2.14. The van der Waals surface area contributed by atoms with Gasteiger partial charge in [-0.05, 0) is 22.0 Å². The van der Waals surface area contributed by atoms with Crippen molar-refractivity contribution in [1.29, 1.82) is 0 Å². The number of rotatable bonds is 3. The van der Waals surface area contributed by atoms with E-state index < -0.39 is 0 Å². The van der Waals surface area contributed by atoms with Gasteiger partial charge in [0, 0.05) is 5.56 Å². The van der Waals surface area contributed by atoms with Gasteiger partial charge in [-0.15, -0.1) is 0 Å². The minimum atomic E-state index is -0.201. The van der Waals surface area contributed by atoms with Gasteiger partial charge in [0.15, 0.2) is 5.13 Å². The number of carbonyl (C=O) groups excluding carboxylic acids is 1. The van der Waals surface area contributed by atoms with Crippen molar-refractivity contribution < 1.29 is 9.90 Å². The van der Waals surface area contributed by atoms with Crippen LogP contribution in [-0.2, 0) is 11.2 Å². The van der Waals surface area contributed by atoms with Crippen LogP contribution in [0.2, 0.25) is 0 Å². The Hall–Kier alpha value is -1.40. The van der Waals surface area contributed by atoms with Crippen molar-refractivity contribution in [3.8, 4) is 5.75 Å². The van der Waals surface area contributed by atoms with Crippen LogP contribution in [0.25, 0.3) is 0 Å². The van der Waals surface area contributed by atoms with Crippen LogP contribution in [0.5, 0.6) is 5.75 Å². The fourth-order valence-electron chi connectivity index (χ4n) is 1.31. The lowest BCUT2D eigenvalue weighted by atomic mass is 10.1. The fourth-order valence-corrected chi connectivity index (χ4v) is 2.43. The number of nitrogens with one attached hydrogen (secondary N) is 1. The molecule has 88 valence electrons. The van der Waals surface area contributed by atoms with Gasteiger partial charge in [0.25, 0.3) is 0 Å². The van der Waals surface area contributed by atoms with Gasteiger partial charge in [-0.3, -0.25) is 4.79 Å². The number of hydrogen-bond acceptors (Lipinski definition) is 4. The minimum Gasteiger partial charge on any atom is -0.508 e. The van der Waals surface area contributed by atoms with Crippen LogP contribution >= 0.6 is 27.3 Å². The molecule has 0 bridgehead atoms. The Morgan fingerprint density at radius 3 is 2.88 bits per heavy atom. The predicted octanol–water partition coefficient (Wildman–Crippen LogP) is 2.79. The van der Waals surface area contributed by atoms with E-state index in [1.807, 2.05) is 0 Å². The molecule has 1 aromatic heterocycles. The highest BCUT2D eigenvalue weighted by Crippen LogP contribution is 2.23. The van der Waals surface area contributed by atoms with Crippen LogP contribution in [0.3, 0.4) is 0 Å². The van der Waals surface area contributed by atoms with Gasteiger partial charge >= 0.3 is 0 Å². The normalized spacial score (nSPS) is 10.2. The molecule has 17 heavy (non-hydrogen) atoms. The molecule has 1 amide bonds. The van der Waals surface area contributed by atoms with Gasteiger partial charge in [0.05, 0.1) is 16.4 Å². The first-order valence-corrected chi connectivity index (χ1v) is 6.44. The molecule has 0 saturated carbocycles. The van der Waals surface area contributed by atoms with E-state index in [1.54, 1.807) is 30.5 Å². The first-order chi connectivity index (χ1) is 8.15. The third-order valence-electron chi connectivity index (χ3n) is 2.07. The van der Waals surface area contributed by atoms with Crippen molar-refractivity contribution in [3.63, 3.8) is 0 Å². The zero-order valence-corrected chi connectivity index (χ0v) is 11.1. The molecule has 0 atom stereocenters. The topological polar surface area (TPSA) is 62.2 Å². The van der Waals surface area contributed by atoms with Gasteiger partial charge < -0.3 is 10.4 Å². The van der Waals surface area contributed by atoms with E-state index in [0.29, 0.717) is 10.7 Å². The van der Waals surface area contributed by atoms with Gasteiger partial charge in [-0.25, -0.2) is 4.98 Å². The SMILES string of the molecule is O=C(Cc1ccccc1O)Nc1ncc(Br)s1. The molecule has 0 aliphatic heterocycles. The van der Waals surface area contributed by atoms with Gasteiger partial charge in [-0.1, -0.05) is 29.5 Å². The Balaban J connectivity index is 2.01. The summed E-state index contributed by atoms with van der Waals surface area (Å²) in [6.07, 6.45) is 1.75. The molecule has 0 aliphatic carbocycles. The highest BCUT2D eigenvalue weighted by molar-refractivity contribution is 9.11. The van der Waals surface area contributed by atoms with Crippen molar-refractivity contribution in [2.24, 2.45) is 0 Å². The number of carbonyl (C=O) groups is 1. The number of para-hydroxylation sites is 1. The van der Waals surface area contributed by atoms with E-state index in [4.69, 9.17) is 0 Å². The summed E-state index contributed by atoms with van der Waals surface area (Å²) in [4.78, 5) is 15.7. The van der Waals surface area contributed by atoms with Crippen LogP contribution in [0.1, 0.15) is 5.56 Å². The van der Waals surface area contributed by atoms with E-state index in [1.165, 1.54) is 11.3 Å². The summed E-state index contributed by atoms with van der Waals surface area (Å²) in [6.45, 7) is 0. The van der Waals surface area contributed by atoms with E-state index in [-0.39, 0.29) is 18.1 Å². The zero-order chi connectivity index (χ0) is 12.3. The Morgan fingerprint density at radius 1 is 1.47 bits per heavy atom. The van der Waals surface area contributed by atoms with Crippen LogP contribution in [0.4, 0.5) is 5.13 Å². The molecule has 2 N–H and O–H groups in total. The standard InChI is InChI=1S/C11H9BrN2O2S/c12-9-6-13-11(17-9)14-10(16)5-7-3-1-2-4-8(7)15/h1-4,6,15H,5H2,(H,13,14,16). The molecule has 0 spiro atoms. The number of amides is 1. The fraction of sp³-hybridized carbons (Fsp3) is 0.0909. The maximum atomic E-state index is 11.7. The predicted molar refractivity (Wildman–Crippen MR) is 70.3 cm³/mol. The molecule has 1 aromatic carbocycles. The third-order valence-corrected chi connectivity index (χ3v) is 3.46. The second kappa shape index (κ2) is 5.29. The van der Waals surface area contributed by atoms with Crippen molar-refractivity contribution in [2.45, 2.75) is 6.42 Å². The average Bonchev–Trinajstić information content (AvgIpc) is 2.67. The average molecular weight is 313 g/mol. The molecule has 1 heterocycles. The molecule has 2 aromatic rings. The highest BCUT2D eigenvalue weighted by Gasteiger charge is 2.09. The third kappa shape index (κ3) is 3.28. The molecule has 0 radical (unpaired) electrons. The number of benzene rings is 1. The minimum absolute atomic E-state index is 0.128. The summed E-state index contributed by atoms with van der Waals surface area (Å²) in [7, 11) is 0. The molecule has 4 nitrogen and oxygen atoms in total. The number of aromatic hydroxyl groups is 1. The van der Waals surface area contributed by atoms with Crippen molar-refractivity contribution in [3.05, 3.63) is 39.8 Å². The summed E-state index contributed by atoms with van der Waals surface area (Å²) in [5.41, 5.74) is 0.598. The molecule has 2 rings (SSSR count). The summed E-state index contributed by atoms with van der Waals surface area (Å²) >= 11 is 4.61. The second-order valence-electron chi connectivity index (χ2n) is 3.32. The first-order valence-electron chi connectivity index (χ1n) is 4.83. The zero-order valence-electron chi connectivity index (χ0n) is 8.68. The number of nitrogens with zero attached hydrogens (tertiary/aromatic N) is 1. The molecule has 0 unspecified atom stereocenters. The summed E-state index contributed by atoms with van der Waals surface area (Å²) < 4.78 is 0.857. The number of phenolic OH excluding ortho intramolecular Hbond substituents is 1. The maximum absolute atomic E-state index is 11.7. The van der Waals surface area contributed by atoms with E-state index >= 15 is 0 Å². The Kier molecular flexibility index (Phi) is 3.75. The van der Waals surface area contributed by atoms with Crippen LogP contribution in [0.15, 0.2) is 34.2 Å². The van der Waals surface area contributed by atoms with Crippen molar-refractivity contribution in [1.82, 2.24) is 4.98 Å². The Bertz CT molecular complexity index is 542. The summed E-state index contributed by atoms with van der Waals surface area (Å²) in [6, 6.07) is 6.77. The number of halogens is 1. The lowest BCUT2D eigenvalue weighted by molar-refractivity contribution is -0.115. The highest BCUT2D eigenvalue weighted by atomic mass is 79.9. The van der Waals surface area contributed by atoms with E-state index in [2.05, 4.69) is 26.2 Å². The second-order valence-corrected chi connectivity index (χ2v) is 5.73. The quantitative estimate of drug-likeness (QED) is 0.916. The lowest BCUT2D eigenvalue weighted by Gasteiger charge is -2.03. The smallest absolute Gasteiger partial charge is 0.230 e. The first kappa shape index (κ1) is 12.1. The van der Waals surface area contributed by atoms with Gasteiger partial charge in [-0.2, -0.15) is 0 Å². The molecule has 6 heteroatoms. The molecule has 0 fully saturated rings. The monoisotopic (exact) mass is 312 g/mol. The number of thiazole rings is 1. The summed E-state index contributed by atoms with van der Waals surface area (Å²) in [5.74, 6) is -0.0729. The van der Waals surface area contributed by atoms with Crippen LogP contribution in [-0.4, -0.2) is 16.0 Å². The van der Waals surface area contributed by atoms with Gasteiger partial charge in [0.1, 0.15) is 5.75 Å². The number of anilines is 1. The van der Waals surface area contributed by atoms with Crippen LogP contribution in [0, 0.1) is 0 Å². The molecular weight excluding hydrogens is 304 g/mol. The largest absolute Gasteiger partial charge is 0.508 e. The number of hydrogen-bond donors (Lipinski definition) is 2. The Labute approximate surface area is 110 Å². The summed E-state index contributed by atoms with van der Waals surface area (Å²) in [5, 5.41) is 12.7. The number of phenols is 1. The molecule has 0 saturated heterocycles. The maximum Gasteiger partial charge on any atom is 0.230 e. The Morgan fingerprint density at radius 2 is 2.24 bits per heavy atom. The number of aromatic nitrogens is 1. The van der Waals surface area contributed by atoms with Crippen LogP contribution < -0.4 is 5.32 Å². The molecular formula is C11H9BrN2O2S. The van der Waals surface area contributed by atoms with Crippen molar-refractivity contribution in [2.75, 3.05) is 5.32 Å². The van der Waals surface area contributed by atoms with Gasteiger partial charge in [0.2, 0.25) is 5.91 Å².